The van der Waals surface area contributed by atoms with Crippen molar-refractivity contribution in [2.75, 3.05) is 40.5 Å². The van der Waals surface area contributed by atoms with Crippen LogP contribution < -0.4 is 10.1 Å². The lowest BCUT2D eigenvalue weighted by molar-refractivity contribution is -0.135. The first-order valence-electron chi connectivity index (χ1n) is 9.32. The second-order valence-electron chi connectivity index (χ2n) is 6.60. The van der Waals surface area contributed by atoms with Crippen LogP contribution in [0.3, 0.4) is 0 Å². The van der Waals surface area contributed by atoms with Crippen LogP contribution in [0.2, 0.25) is 0 Å². The highest BCUT2D eigenvalue weighted by Crippen LogP contribution is 2.21. The molecule has 26 heavy (non-hydrogen) atoms. The molecule has 0 saturated carbocycles. The van der Waals surface area contributed by atoms with Crippen molar-refractivity contribution in [2.24, 2.45) is 5.92 Å². The molecule has 0 unspecified atom stereocenters. The van der Waals surface area contributed by atoms with Crippen molar-refractivity contribution in [3.8, 4) is 5.75 Å². The molecule has 0 spiro atoms. The molecule has 1 aromatic carbocycles. The average Bonchev–Trinajstić information content (AvgIpc) is 2.69. The van der Waals surface area contributed by atoms with Gasteiger partial charge in [0.05, 0.1) is 7.11 Å². The lowest BCUT2D eigenvalue weighted by Gasteiger charge is -2.31. The first-order valence-corrected chi connectivity index (χ1v) is 9.32. The Bertz CT molecular complexity index is 583. The first-order chi connectivity index (χ1) is 12.7. The van der Waals surface area contributed by atoms with Crippen molar-refractivity contribution in [1.82, 2.24) is 10.2 Å². The number of aryl methyl sites for hydroxylation is 1. The number of methoxy groups -OCH3 is 2. The van der Waals surface area contributed by atoms with E-state index < -0.39 is 0 Å². The van der Waals surface area contributed by atoms with Gasteiger partial charge in [-0.3, -0.25) is 9.59 Å². The van der Waals surface area contributed by atoms with Crippen LogP contribution in [0, 0.1) is 5.92 Å². The number of hydrogen-bond donors (Lipinski definition) is 1. The van der Waals surface area contributed by atoms with Gasteiger partial charge in [0.2, 0.25) is 11.8 Å². The van der Waals surface area contributed by atoms with Crippen LogP contribution in [0.1, 0.15) is 31.2 Å². The van der Waals surface area contributed by atoms with Gasteiger partial charge in [-0.1, -0.05) is 18.2 Å². The van der Waals surface area contributed by atoms with E-state index in [0.29, 0.717) is 39.1 Å². The van der Waals surface area contributed by atoms with Crippen LogP contribution in [0.25, 0.3) is 0 Å². The number of para-hydroxylation sites is 1. The lowest BCUT2D eigenvalue weighted by atomic mass is 9.95. The normalized spacial score (nSPS) is 14.9. The Morgan fingerprint density at radius 2 is 1.92 bits per heavy atom. The summed E-state index contributed by atoms with van der Waals surface area (Å²) in [7, 11) is 3.30. The Labute approximate surface area is 155 Å². The molecule has 0 aliphatic carbocycles. The Morgan fingerprint density at radius 1 is 1.19 bits per heavy atom. The molecule has 1 heterocycles. The third-order valence-electron chi connectivity index (χ3n) is 4.84. The fraction of sp³-hybridized carbons (Fsp3) is 0.600. The second-order valence-corrected chi connectivity index (χ2v) is 6.60. The molecule has 144 valence electrons. The van der Waals surface area contributed by atoms with Gasteiger partial charge in [-0.25, -0.2) is 0 Å². The number of hydrogen-bond acceptors (Lipinski definition) is 4. The Morgan fingerprint density at radius 3 is 2.62 bits per heavy atom. The van der Waals surface area contributed by atoms with E-state index in [0.717, 1.165) is 30.6 Å². The van der Waals surface area contributed by atoms with E-state index in [9.17, 15) is 9.59 Å². The number of nitrogens with one attached hydrogen (secondary N) is 1. The van der Waals surface area contributed by atoms with E-state index in [1.807, 2.05) is 29.2 Å². The summed E-state index contributed by atoms with van der Waals surface area (Å²) < 4.78 is 10.3. The van der Waals surface area contributed by atoms with Gasteiger partial charge in [0.1, 0.15) is 5.75 Å². The number of carbonyl (C=O) groups excluding carboxylic acids is 2. The van der Waals surface area contributed by atoms with Gasteiger partial charge in [0.25, 0.3) is 0 Å². The van der Waals surface area contributed by atoms with Gasteiger partial charge < -0.3 is 19.7 Å². The summed E-state index contributed by atoms with van der Waals surface area (Å²) in [6, 6.07) is 7.79. The van der Waals surface area contributed by atoms with E-state index in [4.69, 9.17) is 9.47 Å². The predicted octanol–water partition coefficient (Wildman–Crippen LogP) is 2.02. The predicted molar refractivity (Wildman–Crippen MR) is 100 cm³/mol. The molecule has 1 fully saturated rings. The molecule has 1 aliphatic heterocycles. The average molecular weight is 362 g/mol. The minimum Gasteiger partial charge on any atom is -0.496 e. The fourth-order valence-electron chi connectivity index (χ4n) is 3.27. The molecular formula is C20H30N2O4. The highest BCUT2D eigenvalue weighted by atomic mass is 16.5. The molecule has 2 rings (SSSR count). The third-order valence-corrected chi connectivity index (χ3v) is 4.84. The molecule has 1 aromatic rings. The highest BCUT2D eigenvalue weighted by molar-refractivity contribution is 5.80. The van der Waals surface area contributed by atoms with Crippen molar-refractivity contribution in [2.45, 2.75) is 32.1 Å². The number of rotatable bonds is 9. The molecule has 0 atom stereocenters. The Hall–Kier alpha value is -2.08. The molecule has 0 bridgehead atoms. The Kier molecular flexibility index (Phi) is 8.41. The third kappa shape index (κ3) is 6.02. The van der Waals surface area contributed by atoms with E-state index >= 15 is 0 Å². The minimum atomic E-state index is 0.0100. The van der Waals surface area contributed by atoms with Crippen LogP contribution in [-0.2, 0) is 20.7 Å². The fourth-order valence-corrected chi connectivity index (χ4v) is 3.27. The van der Waals surface area contributed by atoms with Crippen LogP contribution in [0.15, 0.2) is 24.3 Å². The standard InChI is InChI=1S/C20H30N2O4/c1-25-15-5-12-21-20(24)17-10-13-22(14-11-17)19(23)9-8-16-6-3-4-7-18(16)26-2/h3-4,6-7,17H,5,8-15H2,1-2H3,(H,21,24). The molecule has 2 amide bonds. The summed E-state index contributed by atoms with van der Waals surface area (Å²) in [6.07, 6.45) is 3.42. The second kappa shape index (κ2) is 10.8. The van der Waals surface area contributed by atoms with Crippen molar-refractivity contribution in [3.63, 3.8) is 0 Å². The zero-order valence-corrected chi connectivity index (χ0v) is 15.8. The van der Waals surface area contributed by atoms with Crippen LogP contribution in [0.5, 0.6) is 5.75 Å². The maximum absolute atomic E-state index is 12.5. The zero-order chi connectivity index (χ0) is 18.8. The van der Waals surface area contributed by atoms with Crippen molar-refractivity contribution in [1.29, 1.82) is 0 Å². The molecule has 0 aromatic heterocycles. The van der Waals surface area contributed by atoms with Gasteiger partial charge in [-0.2, -0.15) is 0 Å². The number of ether oxygens (including phenoxy) is 2. The molecule has 0 radical (unpaired) electrons. The molecular weight excluding hydrogens is 332 g/mol. The summed E-state index contributed by atoms with van der Waals surface area (Å²) in [6.45, 7) is 2.60. The lowest BCUT2D eigenvalue weighted by Crippen LogP contribution is -2.43. The largest absolute Gasteiger partial charge is 0.496 e. The number of carbonyl (C=O) groups is 2. The molecule has 1 aliphatic rings. The number of piperidine rings is 1. The summed E-state index contributed by atoms with van der Waals surface area (Å²) in [5, 5.41) is 2.95. The van der Waals surface area contributed by atoms with Crippen LogP contribution in [-0.4, -0.2) is 57.2 Å². The smallest absolute Gasteiger partial charge is 0.223 e. The number of amides is 2. The maximum Gasteiger partial charge on any atom is 0.223 e. The molecule has 6 nitrogen and oxygen atoms in total. The SMILES string of the molecule is COCCCNC(=O)C1CCN(C(=O)CCc2ccccc2OC)CC1. The van der Waals surface area contributed by atoms with E-state index in [1.165, 1.54) is 0 Å². The van der Waals surface area contributed by atoms with Crippen LogP contribution >= 0.6 is 0 Å². The van der Waals surface area contributed by atoms with E-state index in [2.05, 4.69) is 5.32 Å². The van der Waals surface area contributed by atoms with Crippen molar-refractivity contribution in [3.05, 3.63) is 29.8 Å². The zero-order valence-electron chi connectivity index (χ0n) is 15.8. The molecule has 1 saturated heterocycles. The summed E-state index contributed by atoms with van der Waals surface area (Å²) in [4.78, 5) is 26.5. The maximum atomic E-state index is 12.5. The van der Waals surface area contributed by atoms with Gasteiger partial charge in [-0.15, -0.1) is 0 Å². The topological polar surface area (TPSA) is 67.9 Å². The first kappa shape index (κ1) is 20.2. The van der Waals surface area contributed by atoms with Crippen molar-refractivity contribution >= 4 is 11.8 Å². The summed E-state index contributed by atoms with van der Waals surface area (Å²) >= 11 is 0. The minimum absolute atomic E-state index is 0.0100. The molecule has 1 N–H and O–H groups in total. The number of likely N-dealkylation sites (tertiary alicyclic amines) is 1. The van der Waals surface area contributed by atoms with Gasteiger partial charge in [0.15, 0.2) is 0 Å². The Balaban J connectivity index is 1.71. The van der Waals surface area contributed by atoms with Gasteiger partial charge in [0, 0.05) is 45.7 Å². The van der Waals surface area contributed by atoms with E-state index in [1.54, 1.807) is 14.2 Å². The van der Waals surface area contributed by atoms with E-state index in [-0.39, 0.29) is 17.7 Å². The summed E-state index contributed by atoms with van der Waals surface area (Å²) in [5.74, 6) is 1.08. The van der Waals surface area contributed by atoms with Crippen molar-refractivity contribution < 1.29 is 19.1 Å². The monoisotopic (exact) mass is 362 g/mol. The number of nitrogens with zero attached hydrogens (tertiary/aromatic N) is 1. The summed E-state index contributed by atoms with van der Waals surface area (Å²) in [5.41, 5.74) is 1.05. The van der Waals surface area contributed by atoms with Crippen LogP contribution in [0.4, 0.5) is 0 Å². The quantitative estimate of drug-likeness (QED) is 0.683. The van der Waals surface area contributed by atoms with Gasteiger partial charge >= 0.3 is 0 Å². The number of benzene rings is 1. The molecule has 6 heteroatoms. The van der Waals surface area contributed by atoms with Gasteiger partial charge in [-0.05, 0) is 37.3 Å². The highest BCUT2D eigenvalue weighted by Gasteiger charge is 2.26.